The molecule has 0 bridgehead atoms. The van der Waals surface area contributed by atoms with Crippen molar-refractivity contribution in [1.29, 1.82) is 0 Å². The van der Waals surface area contributed by atoms with Gasteiger partial charge in [-0.05, 0) is 6.26 Å². The molecule has 0 aliphatic rings. The van der Waals surface area contributed by atoms with Gasteiger partial charge in [-0.15, -0.1) is 0 Å². The molecule has 0 aliphatic carbocycles. The lowest BCUT2D eigenvalue weighted by atomic mass is 11.0. The Hall–Kier alpha value is 0.440. The first-order valence-electron chi connectivity index (χ1n) is 1.34. The van der Waals surface area contributed by atoms with Gasteiger partial charge in [-0.2, -0.15) is 0 Å². The number of thioether (sulfide) groups is 1. The fourth-order valence-electron chi connectivity index (χ4n) is 0. The molecule has 0 aromatic rings. The van der Waals surface area contributed by atoms with Crippen molar-refractivity contribution in [3.63, 3.8) is 0 Å². The smallest absolute Gasteiger partial charge is 0.0738 e. The summed E-state index contributed by atoms with van der Waals surface area (Å²) in [4.78, 5) is 0. The van der Waals surface area contributed by atoms with E-state index >= 15 is 0 Å². The lowest BCUT2D eigenvalue weighted by Gasteiger charge is -1.66. The molecular formula is C3H7S2+. The van der Waals surface area contributed by atoms with Crippen LogP contribution in [0.1, 0.15) is 6.92 Å². The maximum Gasteiger partial charge on any atom is 0.228 e. The average Bonchev–Trinajstić information content (AvgIpc) is 1.38. The summed E-state index contributed by atoms with van der Waals surface area (Å²) in [6.07, 6.45) is 2.00. The predicted molar refractivity (Wildman–Crippen MR) is 33.0 cm³/mol. The Bertz CT molecular complexity index is 40.2. The van der Waals surface area contributed by atoms with E-state index in [-0.39, 0.29) is 0 Å². The molecule has 0 aliphatic heterocycles. The SMILES string of the molecule is CSC(C)=[SH+]. The van der Waals surface area contributed by atoms with E-state index in [0.29, 0.717) is 0 Å². The first-order chi connectivity index (χ1) is 2.27. The van der Waals surface area contributed by atoms with Gasteiger partial charge in [-0.1, -0.05) is 11.8 Å². The van der Waals surface area contributed by atoms with E-state index in [4.69, 9.17) is 0 Å². The molecule has 0 heterocycles. The molecule has 0 N–H and O–H groups in total. The third kappa shape index (κ3) is 4.44. The summed E-state index contributed by atoms with van der Waals surface area (Å²) in [6.45, 7) is 1.97. The second kappa shape index (κ2) is 2.67. The number of hydrogen-bond donors (Lipinski definition) is 0. The fourth-order valence-corrected chi connectivity index (χ4v) is 0. The van der Waals surface area contributed by atoms with Gasteiger partial charge >= 0.3 is 0 Å². The topological polar surface area (TPSA) is 0 Å². The monoisotopic (exact) mass is 107 g/mol. The van der Waals surface area contributed by atoms with Crippen LogP contribution in [-0.4, -0.2) is 10.5 Å². The van der Waals surface area contributed by atoms with Crippen LogP contribution in [-0.2, 0) is 12.2 Å². The minimum atomic E-state index is 1.12. The Labute approximate surface area is 42.0 Å². The molecule has 2 heteroatoms. The molecule has 0 atom stereocenters. The highest BCUT2D eigenvalue weighted by atomic mass is 32.2. The van der Waals surface area contributed by atoms with Crippen molar-refractivity contribution in [2.75, 3.05) is 6.26 Å². The van der Waals surface area contributed by atoms with Crippen LogP contribution >= 0.6 is 11.8 Å². The van der Waals surface area contributed by atoms with Crippen molar-refractivity contribution in [2.24, 2.45) is 0 Å². The fraction of sp³-hybridized carbons (Fsp3) is 0.667. The molecule has 0 radical (unpaired) electrons. The van der Waals surface area contributed by atoms with Crippen molar-refractivity contribution in [1.82, 2.24) is 0 Å². The zero-order valence-corrected chi connectivity index (χ0v) is 5.07. The zero-order chi connectivity index (χ0) is 4.28. The van der Waals surface area contributed by atoms with Gasteiger partial charge < -0.3 is 0 Å². The van der Waals surface area contributed by atoms with E-state index in [9.17, 15) is 0 Å². The minimum Gasteiger partial charge on any atom is -0.0738 e. The number of thiol groups is 1. The summed E-state index contributed by atoms with van der Waals surface area (Å²) < 4.78 is 1.12. The Morgan fingerprint density at radius 2 is 2.00 bits per heavy atom. The molecule has 0 saturated heterocycles. The van der Waals surface area contributed by atoms with E-state index in [1.54, 1.807) is 11.8 Å². The molecule has 0 fully saturated rings. The van der Waals surface area contributed by atoms with Crippen LogP contribution < -0.4 is 0 Å². The predicted octanol–water partition coefficient (Wildman–Crippen LogP) is 0.778. The molecule has 0 saturated carbocycles. The summed E-state index contributed by atoms with van der Waals surface area (Å²) in [5.74, 6) is 0. The minimum absolute atomic E-state index is 1.12. The van der Waals surface area contributed by atoms with Crippen molar-refractivity contribution in [2.45, 2.75) is 6.92 Å². The van der Waals surface area contributed by atoms with Crippen LogP contribution in [0, 0.1) is 0 Å². The lowest BCUT2D eigenvalue weighted by molar-refractivity contribution is 2.11. The van der Waals surface area contributed by atoms with Crippen LogP contribution in [0.3, 0.4) is 0 Å². The van der Waals surface area contributed by atoms with Crippen molar-refractivity contribution < 1.29 is 0 Å². The van der Waals surface area contributed by atoms with Crippen LogP contribution in [0.25, 0.3) is 0 Å². The Kier molecular flexibility index (Phi) is 2.90. The van der Waals surface area contributed by atoms with Crippen LogP contribution in [0.15, 0.2) is 0 Å². The van der Waals surface area contributed by atoms with E-state index in [1.165, 1.54) is 0 Å². The van der Waals surface area contributed by atoms with Gasteiger partial charge in [0.1, 0.15) is 0 Å². The van der Waals surface area contributed by atoms with Crippen molar-refractivity contribution in [3.8, 4) is 0 Å². The molecule has 30 valence electrons. The number of hydrogen-bond acceptors (Lipinski definition) is 1. The second-order valence-electron chi connectivity index (χ2n) is 0.723. The number of rotatable bonds is 0. The van der Waals surface area contributed by atoms with Gasteiger partial charge in [0.05, 0.1) is 0 Å². The Balaban J connectivity index is 2.85. The third-order valence-corrected chi connectivity index (χ3v) is 1.43. The quantitative estimate of drug-likeness (QED) is 0.250. The van der Waals surface area contributed by atoms with Gasteiger partial charge in [0, 0.05) is 6.92 Å². The Morgan fingerprint density at radius 3 is 2.00 bits per heavy atom. The highest BCUT2D eigenvalue weighted by molar-refractivity contribution is 8.19. The third-order valence-electron chi connectivity index (χ3n) is 0.295. The van der Waals surface area contributed by atoms with Crippen molar-refractivity contribution >= 4 is 28.2 Å². The summed E-state index contributed by atoms with van der Waals surface area (Å²) in [7, 11) is 0. The van der Waals surface area contributed by atoms with Gasteiger partial charge in [-0.3, -0.25) is 0 Å². The largest absolute Gasteiger partial charge is 0.228 e. The molecule has 0 rings (SSSR count). The molecule has 0 amide bonds. The normalized spacial score (nSPS) is 7.60. The van der Waals surface area contributed by atoms with E-state index in [1.807, 2.05) is 13.2 Å². The van der Waals surface area contributed by atoms with Gasteiger partial charge in [0.15, 0.2) is 12.2 Å². The van der Waals surface area contributed by atoms with Gasteiger partial charge in [0.25, 0.3) is 0 Å². The summed E-state index contributed by atoms with van der Waals surface area (Å²) in [5.41, 5.74) is 0. The molecule has 0 aromatic carbocycles. The van der Waals surface area contributed by atoms with Gasteiger partial charge in [0.2, 0.25) is 4.20 Å². The maximum absolute atomic E-state index is 3.98. The lowest BCUT2D eigenvalue weighted by Crippen LogP contribution is -1.70. The maximum atomic E-state index is 3.98. The Morgan fingerprint density at radius 1 is 1.80 bits per heavy atom. The average molecular weight is 107 g/mol. The van der Waals surface area contributed by atoms with Crippen LogP contribution in [0.5, 0.6) is 0 Å². The zero-order valence-electron chi connectivity index (χ0n) is 3.36. The molecule has 0 aromatic heterocycles. The van der Waals surface area contributed by atoms with E-state index in [2.05, 4.69) is 12.2 Å². The first-order valence-corrected chi connectivity index (χ1v) is 3.01. The van der Waals surface area contributed by atoms with E-state index in [0.717, 1.165) is 4.20 Å². The highest BCUT2D eigenvalue weighted by Crippen LogP contribution is 1.89. The first kappa shape index (κ1) is 5.44. The summed E-state index contributed by atoms with van der Waals surface area (Å²) >= 11 is 5.64. The van der Waals surface area contributed by atoms with Crippen LogP contribution in [0.2, 0.25) is 0 Å². The second-order valence-corrected chi connectivity index (χ2v) is 2.72. The van der Waals surface area contributed by atoms with Crippen LogP contribution in [0.4, 0.5) is 0 Å². The summed E-state index contributed by atoms with van der Waals surface area (Å²) in [5, 5.41) is 0. The molecule has 0 spiro atoms. The molecule has 5 heavy (non-hydrogen) atoms. The standard InChI is InChI=1S/C3H6S2/c1-3(4)5-2/h1-2H3/p+1. The van der Waals surface area contributed by atoms with Crippen molar-refractivity contribution in [3.05, 3.63) is 0 Å². The van der Waals surface area contributed by atoms with Gasteiger partial charge in [-0.25, -0.2) is 0 Å². The molecule has 0 unspecified atom stereocenters. The van der Waals surface area contributed by atoms with E-state index < -0.39 is 0 Å². The summed E-state index contributed by atoms with van der Waals surface area (Å²) in [6, 6.07) is 0. The highest BCUT2D eigenvalue weighted by Gasteiger charge is 1.83. The molecule has 0 nitrogen and oxygen atoms in total. The molecular weight excluding hydrogens is 100 g/mol.